The molecule has 0 aliphatic rings. The van der Waals surface area contributed by atoms with Crippen molar-refractivity contribution in [3.63, 3.8) is 0 Å². The fraction of sp³-hybridized carbons (Fsp3) is 0.556. The van der Waals surface area contributed by atoms with Gasteiger partial charge in [-0.25, -0.2) is 0 Å². The highest BCUT2D eigenvalue weighted by atomic mass is 79.9. The number of rotatable bonds is 7. The molecule has 0 radical (unpaired) electrons. The molecule has 0 aliphatic carbocycles. The minimum Gasteiger partial charge on any atom is -0.480 e. The fourth-order valence-electron chi connectivity index (χ4n) is 3.07. The minimum atomic E-state index is -0.791. The number of hydrogen-bond acceptors (Lipinski definition) is 3. The molecule has 0 bridgehead atoms. The van der Waals surface area contributed by atoms with E-state index in [1.807, 2.05) is 24.7 Å². The van der Waals surface area contributed by atoms with E-state index in [9.17, 15) is 9.90 Å². The number of aryl methyl sites for hydroxylation is 3. The molecule has 1 aromatic heterocycles. The molecule has 1 aromatic carbocycles. The van der Waals surface area contributed by atoms with Crippen LogP contribution in [-0.2, 0) is 11.3 Å². The highest BCUT2D eigenvalue weighted by Crippen LogP contribution is 2.32. The predicted molar refractivity (Wildman–Crippen MR) is 101 cm³/mol. The van der Waals surface area contributed by atoms with Crippen LogP contribution in [0, 0.1) is 26.7 Å². The maximum atomic E-state index is 11.2. The Morgan fingerprint density at radius 1 is 1.29 bits per heavy atom. The lowest BCUT2D eigenvalue weighted by atomic mass is 10.0. The third-order valence-electron chi connectivity index (χ3n) is 4.66. The van der Waals surface area contributed by atoms with Gasteiger partial charge in [0.1, 0.15) is 6.04 Å². The molecule has 0 amide bonds. The normalized spacial score (nSPS) is 13.0. The van der Waals surface area contributed by atoms with E-state index in [-0.39, 0.29) is 5.92 Å². The first-order valence-electron chi connectivity index (χ1n) is 8.32. The average molecular weight is 396 g/mol. The topological polar surface area (TPSA) is 67.2 Å². The van der Waals surface area contributed by atoms with Gasteiger partial charge < -0.3 is 10.4 Å². The van der Waals surface area contributed by atoms with Crippen LogP contribution in [0.4, 0.5) is 0 Å². The summed E-state index contributed by atoms with van der Waals surface area (Å²) in [4.78, 5) is 11.2. The lowest BCUT2D eigenvalue weighted by molar-refractivity contribution is -0.140. The average Bonchev–Trinajstić information content (AvgIpc) is 2.94. The summed E-state index contributed by atoms with van der Waals surface area (Å²) in [6.07, 6.45) is 2.76. The molecule has 0 spiro atoms. The van der Waals surface area contributed by atoms with E-state index < -0.39 is 12.0 Å². The minimum absolute atomic E-state index is 0.0665. The molecule has 132 valence electrons. The number of halogens is 1. The van der Waals surface area contributed by atoms with E-state index in [1.54, 1.807) is 0 Å². The molecule has 0 saturated carbocycles. The van der Waals surface area contributed by atoms with Crippen molar-refractivity contribution in [3.05, 3.63) is 27.4 Å². The van der Waals surface area contributed by atoms with Crippen molar-refractivity contribution in [2.45, 2.75) is 53.6 Å². The molecule has 5 nitrogen and oxygen atoms in total. The molecule has 1 unspecified atom stereocenters. The Labute approximate surface area is 151 Å². The van der Waals surface area contributed by atoms with E-state index in [0.29, 0.717) is 6.54 Å². The summed E-state index contributed by atoms with van der Waals surface area (Å²) >= 11 is 3.68. The van der Waals surface area contributed by atoms with E-state index in [0.717, 1.165) is 23.0 Å². The maximum absolute atomic E-state index is 11.2. The van der Waals surface area contributed by atoms with Crippen molar-refractivity contribution in [1.29, 1.82) is 0 Å². The van der Waals surface area contributed by atoms with Gasteiger partial charge in [-0.1, -0.05) is 29.8 Å². The summed E-state index contributed by atoms with van der Waals surface area (Å²) in [6, 6.07) is -0.500. The standard InChI is InChI=1S/C18H26BrN3O2/c1-10(2)16(18(23)24)20-7-6-8-22-17-13(5)15(19)12(4)11(3)14(17)9-21-22/h9-10,16,20H,6-8H2,1-5H3,(H,23,24). The number of nitrogens with one attached hydrogen (secondary N) is 1. The summed E-state index contributed by atoms with van der Waals surface area (Å²) < 4.78 is 3.16. The van der Waals surface area contributed by atoms with Crippen LogP contribution in [0.1, 0.15) is 37.0 Å². The van der Waals surface area contributed by atoms with Crippen LogP contribution >= 0.6 is 15.9 Å². The second-order valence-electron chi connectivity index (χ2n) is 6.69. The number of carboxylic acid groups (broad SMARTS) is 1. The van der Waals surface area contributed by atoms with Crippen molar-refractivity contribution < 1.29 is 9.90 Å². The summed E-state index contributed by atoms with van der Waals surface area (Å²) in [5.41, 5.74) is 4.85. The molecular formula is C18H26BrN3O2. The van der Waals surface area contributed by atoms with Crippen molar-refractivity contribution in [2.75, 3.05) is 6.54 Å². The van der Waals surface area contributed by atoms with Crippen LogP contribution in [0.25, 0.3) is 10.9 Å². The van der Waals surface area contributed by atoms with Crippen molar-refractivity contribution in [2.24, 2.45) is 5.92 Å². The fourth-order valence-corrected chi connectivity index (χ4v) is 3.56. The Kier molecular flexibility index (Phi) is 6.04. The second-order valence-corrected chi connectivity index (χ2v) is 7.48. The van der Waals surface area contributed by atoms with Crippen molar-refractivity contribution in [3.8, 4) is 0 Å². The molecular weight excluding hydrogens is 370 g/mol. The lowest BCUT2D eigenvalue weighted by Gasteiger charge is -2.18. The third kappa shape index (κ3) is 3.64. The Morgan fingerprint density at radius 2 is 1.96 bits per heavy atom. The van der Waals surface area contributed by atoms with Gasteiger partial charge in [0.25, 0.3) is 0 Å². The van der Waals surface area contributed by atoms with Crippen LogP contribution in [0.5, 0.6) is 0 Å². The number of benzene rings is 1. The molecule has 0 aliphatic heterocycles. The largest absolute Gasteiger partial charge is 0.480 e. The molecule has 6 heteroatoms. The molecule has 1 atom stereocenters. The zero-order chi connectivity index (χ0) is 18.0. The van der Waals surface area contributed by atoms with Gasteiger partial charge in [0, 0.05) is 16.4 Å². The highest BCUT2D eigenvalue weighted by molar-refractivity contribution is 9.10. The Bertz CT molecular complexity index is 753. The summed E-state index contributed by atoms with van der Waals surface area (Å²) in [6.45, 7) is 11.6. The van der Waals surface area contributed by atoms with Gasteiger partial charge in [-0.15, -0.1) is 0 Å². The van der Waals surface area contributed by atoms with Gasteiger partial charge in [-0.3, -0.25) is 9.48 Å². The Morgan fingerprint density at radius 3 is 2.54 bits per heavy atom. The summed E-state index contributed by atoms with van der Waals surface area (Å²) in [5, 5.41) is 18.1. The SMILES string of the molecule is Cc1c(Br)c(C)c2c(cnn2CCCNC(C(=O)O)C(C)C)c1C. The number of aliphatic carboxylic acids is 1. The van der Waals surface area contributed by atoms with Crippen molar-refractivity contribution in [1.82, 2.24) is 15.1 Å². The first kappa shape index (κ1) is 18.9. The van der Waals surface area contributed by atoms with Crippen LogP contribution in [-0.4, -0.2) is 33.4 Å². The third-order valence-corrected chi connectivity index (χ3v) is 5.85. The molecule has 2 rings (SSSR count). The first-order chi connectivity index (χ1) is 11.3. The summed E-state index contributed by atoms with van der Waals surface area (Å²) in [5.74, 6) is -0.725. The molecule has 2 N–H and O–H groups in total. The smallest absolute Gasteiger partial charge is 0.320 e. The lowest BCUT2D eigenvalue weighted by Crippen LogP contribution is -2.41. The van der Waals surface area contributed by atoms with Gasteiger partial charge in [0.2, 0.25) is 0 Å². The van der Waals surface area contributed by atoms with Crippen LogP contribution in [0.2, 0.25) is 0 Å². The zero-order valence-corrected chi connectivity index (χ0v) is 16.6. The Balaban J connectivity index is 2.11. The molecule has 1 heterocycles. The first-order valence-corrected chi connectivity index (χ1v) is 9.12. The van der Waals surface area contributed by atoms with Gasteiger partial charge in [-0.2, -0.15) is 5.10 Å². The van der Waals surface area contributed by atoms with Crippen molar-refractivity contribution >= 4 is 32.8 Å². The van der Waals surface area contributed by atoms with Crippen LogP contribution in [0.3, 0.4) is 0 Å². The van der Waals surface area contributed by atoms with E-state index in [1.165, 1.54) is 22.1 Å². The van der Waals surface area contributed by atoms with Gasteiger partial charge in [-0.05, 0) is 56.3 Å². The second kappa shape index (κ2) is 7.66. The number of aromatic nitrogens is 2. The number of carbonyl (C=O) groups is 1. The number of fused-ring (bicyclic) bond motifs is 1. The highest BCUT2D eigenvalue weighted by Gasteiger charge is 2.20. The maximum Gasteiger partial charge on any atom is 0.320 e. The number of carboxylic acids is 1. The predicted octanol–water partition coefficient (Wildman–Crippen LogP) is 3.81. The zero-order valence-electron chi connectivity index (χ0n) is 15.0. The quantitative estimate of drug-likeness (QED) is 0.699. The Hall–Kier alpha value is -1.40. The number of nitrogens with zero attached hydrogens (tertiary/aromatic N) is 2. The van der Waals surface area contributed by atoms with E-state index >= 15 is 0 Å². The van der Waals surface area contributed by atoms with Gasteiger partial charge >= 0.3 is 5.97 Å². The molecule has 0 saturated heterocycles. The summed E-state index contributed by atoms with van der Waals surface area (Å²) in [7, 11) is 0. The van der Waals surface area contributed by atoms with Gasteiger partial charge in [0.05, 0.1) is 11.7 Å². The van der Waals surface area contributed by atoms with E-state index in [2.05, 4.69) is 47.1 Å². The monoisotopic (exact) mass is 395 g/mol. The molecule has 2 aromatic rings. The van der Waals surface area contributed by atoms with Crippen LogP contribution < -0.4 is 5.32 Å². The molecule has 24 heavy (non-hydrogen) atoms. The number of hydrogen-bond donors (Lipinski definition) is 2. The van der Waals surface area contributed by atoms with Gasteiger partial charge in [0.15, 0.2) is 0 Å². The van der Waals surface area contributed by atoms with E-state index in [4.69, 9.17) is 0 Å². The molecule has 0 fully saturated rings. The van der Waals surface area contributed by atoms with Crippen LogP contribution in [0.15, 0.2) is 10.7 Å².